The summed E-state index contributed by atoms with van der Waals surface area (Å²) in [6, 6.07) is 15.1. The molecule has 9 nitrogen and oxygen atoms in total. The molecule has 0 aliphatic heterocycles. The molecule has 9 heteroatoms. The number of nitrogens with two attached hydrogens (primary N) is 1. The second kappa shape index (κ2) is 11.1. The number of fused-ring (bicyclic) bond motifs is 2. The fourth-order valence-electron chi connectivity index (χ4n) is 4.66. The van der Waals surface area contributed by atoms with E-state index in [-0.39, 0.29) is 18.0 Å². The van der Waals surface area contributed by atoms with Crippen molar-refractivity contribution in [3.8, 4) is 11.4 Å². The van der Waals surface area contributed by atoms with Crippen molar-refractivity contribution in [2.45, 2.75) is 38.1 Å². The van der Waals surface area contributed by atoms with Crippen molar-refractivity contribution in [3.05, 3.63) is 59.8 Å². The van der Waals surface area contributed by atoms with Gasteiger partial charge in [-0.2, -0.15) is 0 Å². The molecule has 5 rings (SSSR count). The van der Waals surface area contributed by atoms with Crippen molar-refractivity contribution in [2.24, 2.45) is 5.73 Å². The number of likely N-dealkylation sites (N-methyl/N-ethyl adjacent to an activating group) is 1. The Labute approximate surface area is 208 Å². The van der Waals surface area contributed by atoms with Gasteiger partial charge in [0.15, 0.2) is 6.29 Å². The number of aromatic nitrogens is 3. The van der Waals surface area contributed by atoms with Gasteiger partial charge in [0, 0.05) is 17.0 Å². The summed E-state index contributed by atoms with van der Waals surface area (Å²) in [6.07, 6.45) is 6.56. The SMILES string of the molecule is CNCC(N)=O.O=Cc1ccc2cc(-c3nc4cc(C(=O)O)ccc4n3C3CCCCC3)ccc2n1. The molecule has 36 heavy (non-hydrogen) atoms. The van der Waals surface area contributed by atoms with Gasteiger partial charge in [0.05, 0.1) is 28.7 Å². The number of carbonyl (C=O) groups is 3. The number of amides is 1. The number of pyridine rings is 1. The smallest absolute Gasteiger partial charge is 0.335 e. The molecule has 0 spiro atoms. The van der Waals surface area contributed by atoms with Crippen molar-refractivity contribution in [2.75, 3.05) is 13.6 Å². The predicted molar refractivity (Wildman–Crippen MR) is 138 cm³/mol. The van der Waals surface area contributed by atoms with Gasteiger partial charge in [0.2, 0.25) is 5.91 Å². The van der Waals surface area contributed by atoms with Crippen LogP contribution in [0, 0.1) is 0 Å². The van der Waals surface area contributed by atoms with Gasteiger partial charge < -0.3 is 20.7 Å². The Bertz CT molecular complexity index is 1420. The fourth-order valence-corrected chi connectivity index (χ4v) is 4.66. The second-order valence-electron chi connectivity index (χ2n) is 8.86. The molecule has 4 aromatic rings. The average molecular weight is 488 g/mol. The highest BCUT2D eigenvalue weighted by Crippen LogP contribution is 2.36. The number of aldehydes is 1. The highest BCUT2D eigenvalue weighted by atomic mass is 16.4. The summed E-state index contributed by atoms with van der Waals surface area (Å²) in [5.74, 6) is -0.424. The van der Waals surface area contributed by atoms with Gasteiger partial charge in [-0.15, -0.1) is 0 Å². The molecule has 186 valence electrons. The van der Waals surface area contributed by atoms with E-state index in [2.05, 4.69) is 14.9 Å². The van der Waals surface area contributed by atoms with Crippen LogP contribution in [0.2, 0.25) is 0 Å². The lowest BCUT2D eigenvalue weighted by atomic mass is 9.94. The molecule has 0 saturated heterocycles. The zero-order chi connectivity index (χ0) is 25.7. The molecule has 1 amide bonds. The van der Waals surface area contributed by atoms with Crippen molar-refractivity contribution in [3.63, 3.8) is 0 Å². The van der Waals surface area contributed by atoms with Crippen LogP contribution in [0.1, 0.15) is 59.0 Å². The molecule has 1 saturated carbocycles. The van der Waals surface area contributed by atoms with E-state index < -0.39 is 5.97 Å². The number of imidazole rings is 1. The number of carboxylic acids is 1. The number of aromatic carboxylic acids is 1. The van der Waals surface area contributed by atoms with Crippen LogP contribution in [-0.2, 0) is 4.79 Å². The molecule has 2 aromatic heterocycles. The van der Waals surface area contributed by atoms with Crippen molar-refractivity contribution in [1.82, 2.24) is 19.9 Å². The third-order valence-corrected chi connectivity index (χ3v) is 6.32. The second-order valence-corrected chi connectivity index (χ2v) is 8.86. The fraction of sp³-hybridized carbons (Fsp3) is 0.296. The number of rotatable bonds is 6. The van der Waals surface area contributed by atoms with Gasteiger partial charge in [-0.05, 0) is 62.4 Å². The van der Waals surface area contributed by atoms with Crippen molar-refractivity contribution >= 4 is 40.1 Å². The van der Waals surface area contributed by atoms with Crippen LogP contribution in [0.3, 0.4) is 0 Å². The van der Waals surface area contributed by atoms with E-state index in [1.54, 1.807) is 25.2 Å². The maximum atomic E-state index is 11.4. The van der Waals surface area contributed by atoms with Crippen LogP contribution < -0.4 is 11.1 Å². The van der Waals surface area contributed by atoms with E-state index >= 15 is 0 Å². The van der Waals surface area contributed by atoms with E-state index in [1.807, 2.05) is 30.3 Å². The molecular formula is C27H29N5O4. The van der Waals surface area contributed by atoms with E-state index in [9.17, 15) is 19.5 Å². The van der Waals surface area contributed by atoms with Crippen molar-refractivity contribution in [1.29, 1.82) is 0 Å². The first-order valence-corrected chi connectivity index (χ1v) is 12.0. The standard InChI is InChI=1S/C24H21N3O3.C3H8N2O/c28-14-18-9-6-15-12-16(7-10-20(15)25-18)23-26-21-13-17(24(29)30)8-11-22(21)27(23)19-4-2-1-3-5-19;1-5-2-3(4)6/h6-14,19H,1-5H2,(H,29,30);5H,2H2,1H3,(H2,4,6). The zero-order valence-electron chi connectivity index (χ0n) is 20.1. The topological polar surface area (TPSA) is 140 Å². The Morgan fingerprint density at radius 3 is 2.47 bits per heavy atom. The van der Waals surface area contributed by atoms with E-state index in [0.29, 0.717) is 17.3 Å². The zero-order valence-corrected chi connectivity index (χ0v) is 20.1. The highest BCUT2D eigenvalue weighted by molar-refractivity contribution is 5.94. The Hall–Kier alpha value is -4.11. The van der Waals surface area contributed by atoms with E-state index in [0.717, 1.165) is 46.9 Å². The summed E-state index contributed by atoms with van der Waals surface area (Å²) >= 11 is 0. The summed E-state index contributed by atoms with van der Waals surface area (Å²) < 4.78 is 2.29. The largest absolute Gasteiger partial charge is 0.478 e. The van der Waals surface area contributed by atoms with E-state index in [1.165, 1.54) is 19.3 Å². The number of hydrogen-bond donors (Lipinski definition) is 3. The average Bonchev–Trinajstić information content (AvgIpc) is 3.27. The molecule has 2 aromatic carbocycles. The van der Waals surface area contributed by atoms with Crippen LogP contribution in [0.15, 0.2) is 48.5 Å². The van der Waals surface area contributed by atoms with Gasteiger partial charge in [-0.25, -0.2) is 14.8 Å². The number of nitrogens with zero attached hydrogens (tertiary/aromatic N) is 3. The first-order valence-electron chi connectivity index (χ1n) is 12.0. The van der Waals surface area contributed by atoms with Crippen LogP contribution in [0.4, 0.5) is 0 Å². The molecule has 2 heterocycles. The third kappa shape index (κ3) is 5.41. The molecular weight excluding hydrogens is 458 g/mol. The number of carbonyl (C=O) groups excluding carboxylic acids is 2. The lowest BCUT2D eigenvalue weighted by molar-refractivity contribution is -0.117. The minimum absolute atomic E-state index is 0.242. The molecule has 0 atom stereocenters. The lowest BCUT2D eigenvalue weighted by Crippen LogP contribution is -2.25. The van der Waals surface area contributed by atoms with Crippen LogP contribution in [0.5, 0.6) is 0 Å². The molecule has 0 unspecified atom stereocenters. The molecule has 1 fully saturated rings. The Balaban J connectivity index is 0.000000455. The van der Waals surface area contributed by atoms with Gasteiger partial charge in [0.1, 0.15) is 11.5 Å². The number of carboxylic acid groups (broad SMARTS) is 1. The summed E-state index contributed by atoms with van der Waals surface area (Å²) in [5, 5.41) is 12.9. The minimum Gasteiger partial charge on any atom is -0.478 e. The molecule has 4 N–H and O–H groups in total. The van der Waals surface area contributed by atoms with Crippen LogP contribution in [-0.4, -0.2) is 51.4 Å². The number of primary amides is 1. The molecule has 1 aliphatic rings. The Morgan fingerprint density at radius 1 is 1.06 bits per heavy atom. The van der Waals surface area contributed by atoms with Crippen molar-refractivity contribution < 1.29 is 19.5 Å². The predicted octanol–water partition coefficient (Wildman–Crippen LogP) is 3.96. The quantitative estimate of drug-likeness (QED) is 0.350. The minimum atomic E-state index is -0.951. The summed E-state index contributed by atoms with van der Waals surface area (Å²) in [5.41, 5.74) is 8.74. The van der Waals surface area contributed by atoms with E-state index in [4.69, 9.17) is 10.7 Å². The number of benzene rings is 2. The van der Waals surface area contributed by atoms with Gasteiger partial charge in [-0.1, -0.05) is 25.3 Å². The Kier molecular flexibility index (Phi) is 7.70. The number of nitrogens with one attached hydrogen (secondary N) is 1. The summed E-state index contributed by atoms with van der Waals surface area (Å²) in [7, 11) is 1.67. The monoisotopic (exact) mass is 487 g/mol. The third-order valence-electron chi connectivity index (χ3n) is 6.32. The normalized spacial score (nSPS) is 13.8. The van der Waals surface area contributed by atoms with Gasteiger partial charge in [0.25, 0.3) is 0 Å². The highest BCUT2D eigenvalue weighted by Gasteiger charge is 2.23. The van der Waals surface area contributed by atoms with Gasteiger partial charge >= 0.3 is 5.97 Å². The summed E-state index contributed by atoms with van der Waals surface area (Å²) in [4.78, 5) is 41.4. The molecule has 1 aliphatic carbocycles. The maximum Gasteiger partial charge on any atom is 0.335 e. The molecule has 0 bridgehead atoms. The first-order chi connectivity index (χ1) is 17.4. The van der Waals surface area contributed by atoms with Gasteiger partial charge in [-0.3, -0.25) is 9.59 Å². The summed E-state index contributed by atoms with van der Waals surface area (Å²) in [6.45, 7) is 0.264. The number of hydrogen-bond acceptors (Lipinski definition) is 6. The lowest BCUT2D eigenvalue weighted by Gasteiger charge is -2.25. The Morgan fingerprint density at radius 2 is 1.83 bits per heavy atom. The van der Waals surface area contributed by atoms with Crippen LogP contribution >= 0.6 is 0 Å². The first kappa shape index (κ1) is 25.0. The molecule has 0 radical (unpaired) electrons. The van der Waals surface area contributed by atoms with Crippen LogP contribution in [0.25, 0.3) is 33.3 Å². The maximum absolute atomic E-state index is 11.4.